The van der Waals surface area contributed by atoms with E-state index < -0.39 is 10.0 Å². The maximum atomic E-state index is 13.2. The second-order valence-electron chi connectivity index (χ2n) is 6.64. The predicted molar refractivity (Wildman–Crippen MR) is 104 cm³/mol. The highest BCUT2D eigenvalue weighted by atomic mass is 32.2. The Morgan fingerprint density at radius 1 is 1.15 bits per heavy atom. The van der Waals surface area contributed by atoms with Crippen molar-refractivity contribution in [2.45, 2.75) is 35.3 Å². The highest BCUT2D eigenvalue weighted by Gasteiger charge is 2.33. The van der Waals surface area contributed by atoms with E-state index in [1.54, 1.807) is 28.8 Å². The SMILES string of the molecule is CC(=O)N1C[C@@H](C)Sc2ccc(S(=O)(=O)N3CCc4ccccc43)cc21. The number of fused-ring (bicyclic) bond motifs is 2. The number of thioether (sulfide) groups is 1. The topological polar surface area (TPSA) is 57.7 Å². The average Bonchev–Trinajstić information content (AvgIpc) is 3.05. The molecule has 1 atom stereocenters. The van der Waals surface area contributed by atoms with Crippen molar-refractivity contribution in [3.63, 3.8) is 0 Å². The number of amides is 1. The molecule has 0 bridgehead atoms. The molecule has 136 valence electrons. The Hall–Kier alpha value is -1.99. The summed E-state index contributed by atoms with van der Waals surface area (Å²) < 4.78 is 28.0. The van der Waals surface area contributed by atoms with Crippen LogP contribution in [0, 0.1) is 0 Å². The molecule has 0 saturated heterocycles. The van der Waals surface area contributed by atoms with Gasteiger partial charge in [-0.3, -0.25) is 9.10 Å². The molecule has 0 fully saturated rings. The van der Waals surface area contributed by atoms with Gasteiger partial charge in [-0.2, -0.15) is 0 Å². The molecule has 0 unspecified atom stereocenters. The first-order valence-electron chi connectivity index (χ1n) is 8.57. The zero-order chi connectivity index (χ0) is 18.5. The van der Waals surface area contributed by atoms with Gasteiger partial charge < -0.3 is 4.90 Å². The van der Waals surface area contributed by atoms with Crippen LogP contribution in [0.15, 0.2) is 52.3 Å². The van der Waals surface area contributed by atoms with Gasteiger partial charge in [0.25, 0.3) is 10.0 Å². The maximum Gasteiger partial charge on any atom is 0.264 e. The van der Waals surface area contributed by atoms with Crippen molar-refractivity contribution in [1.29, 1.82) is 0 Å². The first kappa shape index (κ1) is 17.4. The molecule has 0 radical (unpaired) electrons. The van der Waals surface area contributed by atoms with Gasteiger partial charge in [-0.05, 0) is 36.2 Å². The molecule has 2 heterocycles. The Morgan fingerprint density at radius 2 is 1.92 bits per heavy atom. The highest BCUT2D eigenvalue weighted by molar-refractivity contribution is 8.00. The van der Waals surface area contributed by atoms with Gasteiger partial charge in [0.05, 0.1) is 16.3 Å². The summed E-state index contributed by atoms with van der Waals surface area (Å²) in [4.78, 5) is 14.9. The molecule has 0 aromatic heterocycles. The van der Waals surface area contributed by atoms with E-state index in [-0.39, 0.29) is 16.1 Å². The van der Waals surface area contributed by atoms with E-state index in [0.717, 1.165) is 16.1 Å². The molecule has 0 aliphatic carbocycles. The number of para-hydroxylation sites is 1. The standard InChI is InChI=1S/C19H20N2O3S2/c1-13-12-20(14(2)22)18-11-16(7-8-19(18)25-13)26(23,24)21-10-9-15-5-3-4-6-17(15)21/h3-8,11,13H,9-10,12H2,1-2H3/t13-/m1/s1. The lowest BCUT2D eigenvalue weighted by molar-refractivity contribution is -0.116. The lowest BCUT2D eigenvalue weighted by atomic mass is 10.2. The summed E-state index contributed by atoms with van der Waals surface area (Å²) in [6, 6.07) is 12.7. The summed E-state index contributed by atoms with van der Waals surface area (Å²) in [5, 5.41) is 0.277. The summed E-state index contributed by atoms with van der Waals surface area (Å²) in [6.07, 6.45) is 0.716. The smallest absolute Gasteiger partial charge is 0.264 e. The molecule has 5 nitrogen and oxygen atoms in total. The van der Waals surface area contributed by atoms with Crippen LogP contribution in [0.25, 0.3) is 0 Å². The fourth-order valence-electron chi connectivity index (χ4n) is 3.56. The van der Waals surface area contributed by atoms with Gasteiger partial charge in [0, 0.05) is 30.2 Å². The number of sulfonamides is 1. The normalized spacial score (nSPS) is 19.2. The van der Waals surface area contributed by atoms with Crippen molar-refractivity contribution in [3.05, 3.63) is 48.0 Å². The largest absolute Gasteiger partial charge is 0.310 e. The van der Waals surface area contributed by atoms with Crippen LogP contribution in [0.1, 0.15) is 19.4 Å². The molecular weight excluding hydrogens is 368 g/mol. The number of hydrogen-bond acceptors (Lipinski definition) is 4. The summed E-state index contributed by atoms with van der Waals surface area (Å²) in [5.74, 6) is -0.0699. The first-order chi connectivity index (χ1) is 12.4. The quantitative estimate of drug-likeness (QED) is 0.792. The van der Waals surface area contributed by atoms with Gasteiger partial charge in [-0.15, -0.1) is 11.8 Å². The molecule has 0 spiro atoms. The molecule has 1 amide bonds. The van der Waals surface area contributed by atoms with Crippen LogP contribution in [0.5, 0.6) is 0 Å². The van der Waals surface area contributed by atoms with Gasteiger partial charge in [-0.1, -0.05) is 25.1 Å². The van der Waals surface area contributed by atoms with E-state index in [9.17, 15) is 13.2 Å². The van der Waals surface area contributed by atoms with E-state index in [1.165, 1.54) is 11.2 Å². The number of carbonyl (C=O) groups is 1. The minimum atomic E-state index is -3.66. The van der Waals surface area contributed by atoms with Gasteiger partial charge in [0.1, 0.15) is 0 Å². The van der Waals surface area contributed by atoms with Crippen LogP contribution in [0.4, 0.5) is 11.4 Å². The molecule has 2 aromatic rings. The number of carbonyl (C=O) groups excluding carboxylic acids is 1. The second-order valence-corrected chi connectivity index (χ2v) is 9.99. The molecule has 4 rings (SSSR count). The molecule has 7 heteroatoms. The Kier molecular flexibility index (Phi) is 4.23. The summed E-state index contributed by atoms with van der Waals surface area (Å²) in [6.45, 7) is 4.61. The van der Waals surface area contributed by atoms with Crippen LogP contribution in [0.2, 0.25) is 0 Å². The molecule has 26 heavy (non-hydrogen) atoms. The Balaban J connectivity index is 1.77. The summed E-state index contributed by atoms with van der Waals surface area (Å²) in [7, 11) is -3.66. The molecular formula is C19H20N2O3S2. The highest BCUT2D eigenvalue weighted by Crippen LogP contribution is 2.41. The number of rotatable bonds is 2. The summed E-state index contributed by atoms with van der Waals surface area (Å²) >= 11 is 1.67. The van der Waals surface area contributed by atoms with E-state index in [0.29, 0.717) is 25.2 Å². The summed E-state index contributed by atoms with van der Waals surface area (Å²) in [5.41, 5.74) is 2.48. The molecule has 0 saturated carbocycles. The number of hydrogen-bond donors (Lipinski definition) is 0. The van der Waals surface area contributed by atoms with Crippen LogP contribution < -0.4 is 9.21 Å². The lowest BCUT2D eigenvalue weighted by Crippen LogP contribution is -2.37. The second kappa shape index (κ2) is 6.32. The van der Waals surface area contributed by atoms with Crippen molar-refractivity contribution in [3.8, 4) is 0 Å². The molecule has 2 aliphatic heterocycles. The van der Waals surface area contributed by atoms with Gasteiger partial charge in [0.15, 0.2) is 0 Å². The zero-order valence-electron chi connectivity index (χ0n) is 14.7. The molecule has 2 aromatic carbocycles. The lowest BCUT2D eigenvalue weighted by Gasteiger charge is -2.32. The van der Waals surface area contributed by atoms with E-state index >= 15 is 0 Å². The van der Waals surface area contributed by atoms with Crippen LogP contribution in [-0.4, -0.2) is 32.7 Å². The Morgan fingerprint density at radius 3 is 2.69 bits per heavy atom. The third-order valence-electron chi connectivity index (χ3n) is 4.80. The minimum Gasteiger partial charge on any atom is -0.310 e. The third-order valence-corrected chi connectivity index (χ3v) is 7.76. The fourth-order valence-corrected chi connectivity index (χ4v) is 6.18. The van der Waals surface area contributed by atoms with E-state index in [2.05, 4.69) is 6.92 Å². The number of nitrogens with zero attached hydrogens (tertiary/aromatic N) is 2. The van der Waals surface area contributed by atoms with E-state index in [1.807, 2.05) is 30.3 Å². The zero-order valence-corrected chi connectivity index (χ0v) is 16.3. The molecule has 2 aliphatic rings. The van der Waals surface area contributed by atoms with Crippen LogP contribution in [-0.2, 0) is 21.2 Å². The Labute approximate surface area is 158 Å². The first-order valence-corrected chi connectivity index (χ1v) is 10.9. The maximum absolute atomic E-state index is 13.2. The van der Waals surface area contributed by atoms with Crippen LogP contribution in [0.3, 0.4) is 0 Å². The Bertz CT molecular complexity index is 988. The predicted octanol–water partition coefficient (Wildman–Crippen LogP) is 3.29. The van der Waals surface area contributed by atoms with Gasteiger partial charge >= 0.3 is 0 Å². The van der Waals surface area contributed by atoms with Crippen LogP contribution >= 0.6 is 11.8 Å². The van der Waals surface area contributed by atoms with Crippen molar-refractivity contribution < 1.29 is 13.2 Å². The fraction of sp³-hybridized carbons (Fsp3) is 0.316. The van der Waals surface area contributed by atoms with Crippen molar-refractivity contribution in [1.82, 2.24) is 0 Å². The van der Waals surface area contributed by atoms with Crippen molar-refractivity contribution >= 4 is 39.1 Å². The van der Waals surface area contributed by atoms with E-state index in [4.69, 9.17) is 0 Å². The number of anilines is 2. The average molecular weight is 389 g/mol. The van der Waals surface area contributed by atoms with Crippen molar-refractivity contribution in [2.75, 3.05) is 22.3 Å². The molecule has 0 N–H and O–H groups in total. The van der Waals surface area contributed by atoms with Gasteiger partial charge in [0.2, 0.25) is 5.91 Å². The van der Waals surface area contributed by atoms with Gasteiger partial charge in [-0.25, -0.2) is 8.42 Å². The number of benzene rings is 2. The third kappa shape index (κ3) is 2.79. The minimum absolute atomic E-state index is 0.0699. The van der Waals surface area contributed by atoms with Crippen molar-refractivity contribution in [2.24, 2.45) is 0 Å². The monoisotopic (exact) mass is 388 g/mol.